The summed E-state index contributed by atoms with van der Waals surface area (Å²) in [6, 6.07) is 6.35. The highest BCUT2D eigenvalue weighted by Crippen LogP contribution is 2.27. The first-order chi connectivity index (χ1) is 14.0. The average molecular weight is 409 g/mol. The number of thiazole rings is 1. The maximum Gasteiger partial charge on any atom is 0.252 e. The highest BCUT2D eigenvalue weighted by atomic mass is 32.1. The van der Waals surface area contributed by atoms with Crippen LogP contribution in [0.4, 0.5) is 5.13 Å². The molecule has 3 heterocycles. The predicted octanol–water partition coefficient (Wildman–Crippen LogP) is 4.26. The maximum absolute atomic E-state index is 12.5. The molecule has 0 saturated carbocycles. The van der Waals surface area contributed by atoms with Crippen molar-refractivity contribution in [2.24, 2.45) is 0 Å². The second kappa shape index (κ2) is 8.24. The summed E-state index contributed by atoms with van der Waals surface area (Å²) >= 11 is 1.53. The standard InChI is InChI=1S/C21H24N6OS/c1-4-5-6-15-7-9-17-18(11-15)29-21(25-17)26-19(28)10-8-16-13(2)24-20-22-12-23-27(20)14(16)3/h7,9,11-12H,4-6,8,10H2,1-3H3,(H,25,26,28). The van der Waals surface area contributed by atoms with Gasteiger partial charge in [0.25, 0.3) is 5.78 Å². The molecule has 29 heavy (non-hydrogen) atoms. The van der Waals surface area contributed by atoms with Gasteiger partial charge in [-0.25, -0.2) is 14.5 Å². The number of nitrogens with one attached hydrogen (secondary N) is 1. The van der Waals surface area contributed by atoms with Crippen LogP contribution in [0.15, 0.2) is 24.5 Å². The van der Waals surface area contributed by atoms with Gasteiger partial charge in [0, 0.05) is 17.8 Å². The Hall–Kier alpha value is -2.87. The second-order valence-corrected chi connectivity index (χ2v) is 8.24. The van der Waals surface area contributed by atoms with Gasteiger partial charge in [-0.2, -0.15) is 10.1 Å². The van der Waals surface area contributed by atoms with E-state index in [0.29, 0.717) is 23.8 Å². The molecule has 4 rings (SSSR count). The van der Waals surface area contributed by atoms with E-state index in [1.54, 1.807) is 4.52 Å². The lowest BCUT2D eigenvalue weighted by Gasteiger charge is -2.10. The normalized spacial score (nSPS) is 11.4. The van der Waals surface area contributed by atoms with Gasteiger partial charge in [-0.05, 0) is 56.4 Å². The third kappa shape index (κ3) is 4.12. The zero-order chi connectivity index (χ0) is 20.4. The predicted molar refractivity (Wildman–Crippen MR) is 115 cm³/mol. The summed E-state index contributed by atoms with van der Waals surface area (Å²) in [6.07, 6.45) is 5.89. The van der Waals surface area contributed by atoms with Gasteiger partial charge in [-0.3, -0.25) is 4.79 Å². The molecule has 1 amide bonds. The third-order valence-corrected chi connectivity index (χ3v) is 6.04. The van der Waals surface area contributed by atoms with Gasteiger partial charge in [0.15, 0.2) is 5.13 Å². The Morgan fingerprint density at radius 1 is 1.21 bits per heavy atom. The molecule has 0 aliphatic heterocycles. The molecule has 150 valence electrons. The lowest BCUT2D eigenvalue weighted by Crippen LogP contribution is -2.14. The van der Waals surface area contributed by atoms with Crippen molar-refractivity contribution >= 4 is 38.4 Å². The van der Waals surface area contributed by atoms with Crippen molar-refractivity contribution in [2.75, 3.05) is 5.32 Å². The quantitative estimate of drug-likeness (QED) is 0.494. The van der Waals surface area contributed by atoms with E-state index in [-0.39, 0.29) is 5.91 Å². The summed E-state index contributed by atoms with van der Waals surface area (Å²) in [4.78, 5) is 25.7. The summed E-state index contributed by atoms with van der Waals surface area (Å²) in [7, 11) is 0. The molecular weight excluding hydrogens is 384 g/mol. The number of anilines is 1. The molecule has 1 aromatic carbocycles. The Morgan fingerprint density at radius 2 is 2.07 bits per heavy atom. The SMILES string of the molecule is CCCCc1ccc2nc(NC(=O)CCc3c(C)nc4ncnn4c3C)sc2c1. The van der Waals surface area contributed by atoms with Crippen molar-refractivity contribution in [2.45, 2.75) is 52.9 Å². The minimum absolute atomic E-state index is 0.0484. The molecule has 8 heteroatoms. The van der Waals surface area contributed by atoms with Gasteiger partial charge in [-0.15, -0.1) is 0 Å². The largest absolute Gasteiger partial charge is 0.302 e. The van der Waals surface area contributed by atoms with Crippen LogP contribution in [0.2, 0.25) is 0 Å². The Bertz CT molecular complexity index is 1180. The van der Waals surface area contributed by atoms with Crippen LogP contribution in [-0.2, 0) is 17.6 Å². The average Bonchev–Trinajstić information content (AvgIpc) is 3.31. The zero-order valence-corrected chi connectivity index (χ0v) is 17.7. The summed E-state index contributed by atoms with van der Waals surface area (Å²) in [5.74, 6) is 0.536. The number of carbonyl (C=O) groups is 1. The molecule has 0 radical (unpaired) electrons. The van der Waals surface area contributed by atoms with Gasteiger partial charge in [0.05, 0.1) is 10.2 Å². The Kier molecular flexibility index (Phi) is 5.53. The monoisotopic (exact) mass is 408 g/mol. The molecule has 4 aromatic rings. The highest BCUT2D eigenvalue weighted by Gasteiger charge is 2.14. The van der Waals surface area contributed by atoms with E-state index in [0.717, 1.165) is 33.6 Å². The van der Waals surface area contributed by atoms with Crippen molar-refractivity contribution in [1.82, 2.24) is 24.6 Å². The van der Waals surface area contributed by atoms with Crippen molar-refractivity contribution < 1.29 is 4.79 Å². The molecule has 0 saturated heterocycles. The van der Waals surface area contributed by atoms with Gasteiger partial charge in [0.1, 0.15) is 6.33 Å². The number of benzene rings is 1. The first-order valence-electron chi connectivity index (χ1n) is 9.90. The van der Waals surface area contributed by atoms with Gasteiger partial charge in [0.2, 0.25) is 5.91 Å². The van der Waals surface area contributed by atoms with Crippen LogP contribution >= 0.6 is 11.3 Å². The Balaban J connectivity index is 1.43. The molecule has 0 spiro atoms. The van der Waals surface area contributed by atoms with Gasteiger partial charge in [-0.1, -0.05) is 30.7 Å². The molecule has 3 aromatic heterocycles. The lowest BCUT2D eigenvalue weighted by molar-refractivity contribution is -0.116. The number of aromatic nitrogens is 5. The highest BCUT2D eigenvalue weighted by molar-refractivity contribution is 7.22. The fourth-order valence-corrected chi connectivity index (χ4v) is 4.44. The van der Waals surface area contributed by atoms with E-state index in [9.17, 15) is 4.79 Å². The lowest BCUT2D eigenvalue weighted by atomic mass is 10.1. The van der Waals surface area contributed by atoms with Gasteiger partial charge >= 0.3 is 0 Å². The number of fused-ring (bicyclic) bond motifs is 2. The van der Waals surface area contributed by atoms with E-state index in [2.05, 4.69) is 44.4 Å². The first-order valence-corrected chi connectivity index (χ1v) is 10.7. The van der Waals surface area contributed by atoms with E-state index in [1.807, 2.05) is 19.9 Å². The molecule has 0 unspecified atom stereocenters. The number of rotatable bonds is 7. The number of hydrogen-bond acceptors (Lipinski definition) is 6. The topological polar surface area (TPSA) is 85.1 Å². The van der Waals surface area contributed by atoms with Crippen LogP contribution in [-0.4, -0.2) is 30.5 Å². The number of aryl methyl sites for hydroxylation is 3. The minimum atomic E-state index is -0.0484. The van der Waals surface area contributed by atoms with Crippen molar-refractivity contribution in [3.8, 4) is 0 Å². The maximum atomic E-state index is 12.5. The van der Waals surface area contributed by atoms with E-state index >= 15 is 0 Å². The third-order valence-electron chi connectivity index (χ3n) is 5.11. The summed E-state index contributed by atoms with van der Waals surface area (Å²) in [6.45, 7) is 6.12. The number of hydrogen-bond donors (Lipinski definition) is 1. The molecule has 0 aliphatic rings. The number of amides is 1. The van der Waals surface area contributed by atoms with Gasteiger partial charge < -0.3 is 5.32 Å². The molecule has 0 aliphatic carbocycles. The van der Waals surface area contributed by atoms with Crippen molar-refractivity contribution in [1.29, 1.82) is 0 Å². The van der Waals surface area contributed by atoms with E-state index < -0.39 is 0 Å². The van der Waals surface area contributed by atoms with Crippen molar-refractivity contribution in [3.05, 3.63) is 47.0 Å². The van der Waals surface area contributed by atoms with Crippen LogP contribution in [0.1, 0.15) is 48.7 Å². The number of nitrogens with zero attached hydrogens (tertiary/aromatic N) is 5. The Labute approximate surface area is 173 Å². The smallest absolute Gasteiger partial charge is 0.252 e. The summed E-state index contributed by atoms with van der Waals surface area (Å²) in [5, 5.41) is 7.80. The number of unbranched alkanes of at least 4 members (excludes halogenated alkanes) is 1. The number of carbonyl (C=O) groups excluding carboxylic acids is 1. The molecule has 0 bridgehead atoms. The zero-order valence-electron chi connectivity index (χ0n) is 16.9. The Morgan fingerprint density at radius 3 is 2.90 bits per heavy atom. The first kappa shape index (κ1) is 19.4. The second-order valence-electron chi connectivity index (χ2n) is 7.21. The molecule has 1 N–H and O–H groups in total. The fraction of sp³-hybridized carbons (Fsp3) is 0.381. The molecule has 0 fully saturated rings. The molecule has 0 atom stereocenters. The molecule has 7 nitrogen and oxygen atoms in total. The van der Waals surface area contributed by atoms with Crippen LogP contribution in [0.3, 0.4) is 0 Å². The van der Waals surface area contributed by atoms with Crippen LogP contribution in [0, 0.1) is 13.8 Å². The fourth-order valence-electron chi connectivity index (χ4n) is 3.50. The summed E-state index contributed by atoms with van der Waals surface area (Å²) in [5.41, 5.74) is 5.14. The summed E-state index contributed by atoms with van der Waals surface area (Å²) < 4.78 is 2.82. The van der Waals surface area contributed by atoms with E-state index in [4.69, 9.17) is 0 Å². The van der Waals surface area contributed by atoms with Crippen LogP contribution < -0.4 is 5.32 Å². The van der Waals surface area contributed by atoms with Crippen LogP contribution in [0.25, 0.3) is 16.0 Å². The van der Waals surface area contributed by atoms with E-state index in [1.165, 1.54) is 36.1 Å². The minimum Gasteiger partial charge on any atom is -0.302 e. The molecular formula is C21H24N6OS. The van der Waals surface area contributed by atoms with Crippen LogP contribution in [0.5, 0.6) is 0 Å². The van der Waals surface area contributed by atoms with Crippen molar-refractivity contribution in [3.63, 3.8) is 0 Å².